The van der Waals surface area contributed by atoms with Crippen molar-refractivity contribution in [2.24, 2.45) is 0 Å². The van der Waals surface area contributed by atoms with Gasteiger partial charge in [0.15, 0.2) is 0 Å². The second-order valence-electron chi connectivity index (χ2n) is 10.2. The van der Waals surface area contributed by atoms with E-state index in [1.165, 1.54) is 12.0 Å². The number of benzene rings is 3. The average Bonchev–Trinajstić information content (AvgIpc) is 3.33. The van der Waals surface area contributed by atoms with Crippen LogP contribution in [0.5, 0.6) is 11.5 Å². The van der Waals surface area contributed by atoms with E-state index in [9.17, 15) is 4.21 Å². The van der Waals surface area contributed by atoms with Gasteiger partial charge in [-0.2, -0.15) is 0 Å². The minimum absolute atomic E-state index is 0.129. The summed E-state index contributed by atoms with van der Waals surface area (Å²) in [6.07, 6.45) is 9.78. The van der Waals surface area contributed by atoms with Crippen molar-refractivity contribution in [1.29, 1.82) is 0 Å². The number of methoxy groups -OCH3 is 1. The van der Waals surface area contributed by atoms with Crippen molar-refractivity contribution >= 4 is 21.8 Å². The molecule has 7 heteroatoms. The number of imidazole rings is 1. The quantitative estimate of drug-likeness (QED) is 0.198. The van der Waals surface area contributed by atoms with E-state index < -0.39 is 10.8 Å². The molecule has 0 N–H and O–H groups in total. The van der Waals surface area contributed by atoms with E-state index in [0.29, 0.717) is 28.5 Å². The largest absolute Gasteiger partial charge is 0.497 e. The summed E-state index contributed by atoms with van der Waals surface area (Å²) in [4.78, 5) is 10.6. The van der Waals surface area contributed by atoms with Crippen LogP contribution in [0.3, 0.4) is 0 Å². The molecule has 204 valence electrons. The lowest BCUT2D eigenvalue weighted by molar-refractivity contribution is 0.151. The van der Waals surface area contributed by atoms with Crippen molar-refractivity contribution < 1.29 is 13.7 Å². The summed E-state index contributed by atoms with van der Waals surface area (Å²) in [5.41, 5.74) is 4.11. The van der Waals surface area contributed by atoms with Gasteiger partial charge in [-0.3, -0.25) is 4.98 Å². The zero-order valence-corrected chi connectivity index (χ0v) is 23.5. The van der Waals surface area contributed by atoms with Crippen molar-refractivity contribution in [3.8, 4) is 11.5 Å². The molecule has 0 bridgehead atoms. The van der Waals surface area contributed by atoms with Crippen LogP contribution in [0.15, 0.2) is 101 Å². The van der Waals surface area contributed by atoms with Gasteiger partial charge in [0.2, 0.25) is 0 Å². The highest BCUT2D eigenvalue weighted by Crippen LogP contribution is 2.35. The van der Waals surface area contributed by atoms with Crippen LogP contribution in [-0.2, 0) is 23.8 Å². The van der Waals surface area contributed by atoms with Crippen LogP contribution < -0.4 is 9.47 Å². The van der Waals surface area contributed by atoms with E-state index in [1.807, 2.05) is 30.3 Å². The number of pyridine rings is 1. The van der Waals surface area contributed by atoms with Crippen LogP contribution in [0, 0.1) is 0 Å². The molecule has 1 atom stereocenters. The number of nitrogens with zero attached hydrogens (tertiary/aromatic N) is 3. The summed E-state index contributed by atoms with van der Waals surface area (Å²) >= 11 is 0. The van der Waals surface area contributed by atoms with E-state index >= 15 is 0 Å². The van der Waals surface area contributed by atoms with E-state index in [1.54, 1.807) is 31.6 Å². The molecule has 0 radical (unpaired) electrons. The molecule has 1 saturated carbocycles. The zero-order chi connectivity index (χ0) is 27.3. The van der Waals surface area contributed by atoms with Crippen LogP contribution in [0.2, 0.25) is 0 Å². The lowest BCUT2D eigenvalue weighted by atomic mass is 9.98. The molecular weight excluding hydrogens is 518 g/mol. The molecule has 2 heterocycles. The van der Waals surface area contributed by atoms with Crippen molar-refractivity contribution in [2.75, 3.05) is 7.11 Å². The van der Waals surface area contributed by atoms with E-state index in [2.05, 4.69) is 45.9 Å². The van der Waals surface area contributed by atoms with Gasteiger partial charge in [0.05, 0.1) is 39.9 Å². The number of hydrogen-bond acceptors (Lipinski definition) is 5. The third kappa shape index (κ3) is 5.80. The van der Waals surface area contributed by atoms with Crippen LogP contribution in [0.1, 0.15) is 49.1 Å². The first-order valence-corrected chi connectivity index (χ1v) is 15.0. The Morgan fingerprint density at radius 1 is 0.900 bits per heavy atom. The zero-order valence-electron chi connectivity index (χ0n) is 22.7. The summed E-state index contributed by atoms with van der Waals surface area (Å²) in [5.74, 6) is 2.44. The second kappa shape index (κ2) is 12.0. The molecule has 40 heavy (non-hydrogen) atoms. The Balaban J connectivity index is 1.48. The summed E-state index contributed by atoms with van der Waals surface area (Å²) < 4.78 is 28.1. The first kappa shape index (κ1) is 26.3. The second-order valence-corrected chi connectivity index (χ2v) is 11.7. The summed E-state index contributed by atoms with van der Waals surface area (Å²) in [6, 6.07) is 26.1. The Morgan fingerprint density at radius 3 is 2.38 bits per heavy atom. The smallest absolute Gasteiger partial charge is 0.138 e. The number of fused-ring (bicyclic) bond motifs is 1. The maximum atomic E-state index is 14.0. The molecule has 1 fully saturated rings. The number of aromatic nitrogens is 3. The van der Waals surface area contributed by atoms with Crippen molar-refractivity contribution in [1.82, 2.24) is 14.5 Å². The molecule has 6 nitrogen and oxygen atoms in total. The monoisotopic (exact) mass is 551 g/mol. The van der Waals surface area contributed by atoms with Gasteiger partial charge in [-0.05, 0) is 67.1 Å². The number of ether oxygens (including phenoxy) is 2. The fourth-order valence-corrected chi connectivity index (χ4v) is 6.51. The minimum atomic E-state index is -1.43. The Morgan fingerprint density at radius 2 is 1.65 bits per heavy atom. The number of hydrogen-bond donors (Lipinski definition) is 0. The first-order valence-electron chi connectivity index (χ1n) is 13.9. The SMILES string of the molecule is COc1ccc(Cn2c(Cc3ccccc3)nc3cc(OC4CCCCC4)c(S(=O)c4ccncc4)cc32)cc1. The third-order valence-corrected chi connectivity index (χ3v) is 8.93. The highest BCUT2D eigenvalue weighted by molar-refractivity contribution is 7.85. The van der Waals surface area contributed by atoms with Crippen molar-refractivity contribution in [3.05, 3.63) is 108 Å². The summed E-state index contributed by atoms with van der Waals surface area (Å²) in [7, 11) is 0.245. The highest BCUT2D eigenvalue weighted by atomic mass is 32.2. The average molecular weight is 552 g/mol. The Labute approximate surface area is 237 Å². The van der Waals surface area contributed by atoms with Gasteiger partial charge in [-0.25, -0.2) is 9.19 Å². The number of rotatable bonds is 9. The van der Waals surface area contributed by atoms with Gasteiger partial charge >= 0.3 is 0 Å². The van der Waals surface area contributed by atoms with Crippen LogP contribution in [0.4, 0.5) is 0 Å². The summed E-state index contributed by atoms with van der Waals surface area (Å²) in [5, 5.41) is 0. The predicted octanol–water partition coefficient (Wildman–Crippen LogP) is 6.96. The minimum Gasteiger partial charge on any atom is -0.497 e. The third-order valence-electron chi connectivity index (χ3n) is 7.51. The van der Waals surface area contributed by atoms with E-state index in [0.717, 1.165) is 53.9 Å². The fraction of sp³-hybridized carbons (Fsp3) is 0.273. The van der Waals surface area contributed by atoms with Gasteiger partial charge in [0, 0.05) is 36.3 Å². The van der Waals surface area contributed by atoms with Gasteiger partial charge in [-0.15, -0.1) is 0 Å². The molecule has 0 aliphatic heterocycles. The molecular formula is C33H33N3O3S. The molecule has 5 aromatic rings. The Bertz CT molecular complexity index is 1600. The molecule has 1 aliphatic rings. The lowest BCUT2D eigenvalue weighted by Gasteiger charge is -2.24. The topological polar surface area (TPSA) is 66.2 Å². The van der Waals surface area contributed by atoms with E-state index in [-0.39, 0.29) is 6.10 Å². The summed E-state index contributed by atoms with van der Waals surface area (Å²) in [6.45, 7) is 0.632. The fourth-order valence-electron chi connectivity index (χ4n) is 5.37. The Kier molecular flexibility index (Phi) is 7.91. The van der Waals surface area contributed by atoms with Crippen molar-refractivity contribution in [3.63, 3.8) is 0 Å². The van der Waals surface area contributed by atoms with Gasteiger partial charge < -0.3 is 14.0 Å². The van der Waals surface area contributed by atoms with Gasteiger partial charge in [0.25, 0.3) is 0 Å². The predicted molar refractivity (Wildman–Crippen MR) is 157 cm³/mol. The first-order chi connectivity index (χ1) is 19.7. The lowest BCUT2D eigenvalue weighted by Crippen LogP contribution is -2.20. The van der Waals surface area contributed by atoms with Gasteiger partial charge in [-0.1, -0.05) is 48.9 Å². The van der Waals surface area contributed by atoms with Crippen LogP contribution in [-0.4, -0.2) is 32.0 Å². The van der Waals surface area contributed by atoms with Crippen LogP contribution in [0.25, 0.3) is 11.0 Å². The molecule has 3 aromatic carbocycles. The van der Waals surface area contributed by atoms with Crippen molar-refractivity contribution in [2.45, 2.75) is 61.0 Å². The molecule has 0 amide bonds. The Hall–Kier alpha value is -3.97. The molecule has 0 spiro atoms. The van der Waals surface area contributed by atoms with Gasteiger partial charge in [0.1, 0.15) is 17.3 Å². The maximum absolute atomic E-state index is 14.0. The normalized spacial score (nSPS) is 14.7. The van der Waals surface area contributed by atoms with E-state index in [4.69, 9.17) is 14.5 Å². The standard InChI is InChI=1S/C33H33N3O3S/c1-38-26-14-12-25(13-15-26)23-36-30-22-32(40(37)28-16-18-34-19-17-28)31(39-27-10-6-3-7-11-27)21-29(30)35-33(36)20-24-8-4-2-5-9-24/h2,4-5,8-9,12-19,21-22,27H,3,6-7,10-11,20,23H2,1H3. The molecule has 0 saturated heterocycles. The molecule has 1 unspecified atom stereocenters. The highest BCUT2D eigenvalue weighted by Gasteiger charge is 2.23. The van der Waals surface area contributed by atoms with Crippen LogP contribution >= 0.6 is 0 Å². The molecule has 2 aromatic heterocycles. The molecule has 6 rings (SSSR count). The maximum Gasteiger partial charge on any atom is 0.138 e. The molecule has 1 aliphatic carbocycles.